The highest BCUT2D eigenvalue weighted by Gasteiger charge is 2.37. The van der Waals surface area contributed by atoms with E-state index in [0.29, 0.717) is 47.0 Å². The number of aromatic nitrogens is 4. The van der Waals surface area contributed by atoms with Gasteiger partial charge < -0.3 is 38.5 Å². The number of rotatable bonds is 12. The SMILES string of the molecule is CC(C)(C)[Si](C)(C)OCCBr.Cn1cc(Br)cc(Nc2ccc(O)cn2)c1=O.Cn1cc(Br)cc(Nc2ccc(OCCO[Si](C)(C)C(C)(C)C)cn2)c1=O. The molecule has 0 atom stereocenters. The quantitative estimate of drug-likeness (QED) is 0.0714. The Bertz CT molecular complexity index is 1930. The first-order valence-corrected chi connectivity index (χ1v) is 26.2. The Morgan fingerprint density at radius 3 is 1.53 bits per heavy atom. The molecule has 3 N–H and O–H groups in total. The van der Waals surface area contributed by atoms with Crippen molar-refractivity contribution in [3.05, 3.63) is 90.8 Å². The fourth-order valence-electron chi connectivity index (χ4n) is 3.98. The number of pyridine rings is 4. The molecule has 0 fully saturated rings. The maximum absolute atomic E-state index is 12.1. The molecule has 0 aliphatic rings. The van der Waals surface area contributed by atoms with Crippen LogP contribution in [0.3, 0.4) is 0 Å². The molecule has 4 aromatic rings. The fourth-order valence-corrected chi connectivity index (χ4v) is 7.58. The first-order chi connectivity index (χ1) is 25.4. The summed E-state index contributed by atoms with van der Waals surface area (Å²) in [5.41, 5.74) is 0.599. The minimum atomic E-state index is -1.75. The third-order valence-corrected chi connectivity index (χ3v) is 19.5. The zero-order chi connectivity index (χ0) is 41.8. The molecule has 4 aromatic heterocycles. The number of nitrogens with zero attached hydrogens (tertiary/aromatic N) is 4. The Labute approximate surface area is 353 Å². The van der Waals surface area contributed by atoms with Gasteiger partial charge in [-0.15, -0.1) is 0 Å². The van der Waals surface area contributed by atoms with E-state index >= 15 is 0 Å². The van der Waals surface area contributed by atoms with Crippen LogP contribution in [0.5, 0.6) is 11.5 Å². The second-order valence-corrected chi connectivity index (χ2v) is 28.0. The van der Waals surface area contributed by atoms with Crippen molar-refractivity contribution in [1.82, 2.24) is 19.1 Å². The summed E-state index contributed by atoms with van der Waals surface area (Å²) in [7, 11) is 0.165. The van der Waals surface area contributed by atoms with Crippen molar-refractivity contribution < 1.29 is 18.7 Å². The maximum Gasteiger partial charge on any atom is 0.274 e. The summed E-state index contributed by atoms with van der Waals surface area (Å²) in [4.78, 5) is 32.2. The number of hydrogen-bond acceptors (Lipinski definition) is 10. The molecule has 4 heterocycles. The van der Waals surface area contributed by atoms with Crippen LogP contribution >= 0.6 is 47.8 Å². The van der Waals surface area contributed by atoms with E-state index in [1.807, 2.05) is 6.07 Å². The minimum Gasteiger partial charge on any atom is -0.506 e. The summed E-state index contributed by atoms with van der Waals surface area (Å²) in [6.45, 7) is 24.3. The van der Waals surface area contributed by atoms with Gasteiger partial charge in [0.1, 0.15) is 41.1 Å². The molecule has 0 spiro atoms. The zero-order valence-electron chi connectivity index (χ0n) is 34.0. The third kappa shape index (κ3) is 15.9. The molecule has 0 aliphatic carbocycles. The highest BCUT2D eigenvalue weighted by Crippen LogP contribution is 2.37. The van der Waals surface area contributed by atoms with Crippen molar-refractivity contribution >= 4 is 87.4 Å². The molecule has 12 nitrogen and oxygen atoms in total. The number of aryl methyl sites for hydroxylation is 2. The highest BCUT2D eigenvalue weighted by atomic mass is 79.9. The summed E-state index contributed by atoms with van der Waals surface area (Å²) in [5, 5.41) is 16.5. The third-order valence-electron chi connectivity index (χ3n) is 9.28. The van der Waals surface area contributed by atoms with Gasteiger partial charge in [0, 0.05) is 47.4 Å². The van der Waals surface area contributed by atoms with E-state index in [-0.39, 0.29) is 21.9 Å². The molecule has 4 rings (SSSR count). The molecule has 304 valence electrons. The Morgan fingerprint density at radius 2 is 1.15 bits per heavy atom. The van der Waals surface area contributed by atoms with Crippen molar-refractivity contribution in [2.45, 2.75) is 77.8 Å². The topological polar surface area (TPSA) is 142 Å². The molecular weight excluding hydrogens is 932 g/mol. The first-order valence-electron chi connectivity index (χ1n) is 17.7. The van der Waals surface area contributed by atoms with E-state index in [9.17, 15) is 9.59 Å². The van der Waals surface area contributed by atoms with Crippen molar-refractivity contribution in [2.24, 2.45) is 14.1 Å². The van der Waals surface area contributed by atoms with Gasteiger partial charge in [0.25, 0.3) is 11.1 Å². The van der Waals surface area contributed by atoms with Gasteiger partial charge in [-0.3, -0.25) is 9.59 Å². The smallest absolute Gasteiger partial charge is 0.274 e. The van der Waals surface area contributed by atoms with Crippen molar-refractivity contribution in [1.29, 1.82) is 0 Å². The van der Waals surface area contributed by atoms with Crippen LogP contribution in [0.2, 0.25) is 36.3 Å². The lowest BCUT2D eigenvalue weighted by atomic mass is 10.2. The van der Waals surface area contributed by atoms with Crippen LogP contribution in [-0.4, -0.2) is 66.0 Å². The van der Waals surface area contributed by atoms with Crippen molar-refractivity contribution in [3.8, 4) is 11.5 Å². The Morgan fingerprint density at radius 1 is 0.709 bits per heavy atom. The van der Waals surface area contributed by atoms with E-state index < -0.39 is 16.6 Å². The van der Waals surface area contributed by atoms with Gasteiger partial charge in [-0.05, 0) is 105 Å². The van der Waals surface area contributed by atoms with Gasteiger partial charge in [0.15, 0.2) is 16.6 Å². The molecule has 0 saturated carbocycles. The average Bonchev–Trinajstić information content (AvgIpc) is 3.08. The summed E-state index contributed by atoms with van der Waals surface area (Å²) in [6.07, 6.45) is 6.34. The Kier molecular flexibility index (Phi) is 18.5. The van der Waals surface area contributed by atoms with Crippen LogP contribution in [0.15, 0.2) is 79.7 Å². The second-order valence-electron chi connectivity index (χ2n) is 15.8. The van der Waals surface area contributed by atoms with Crippen LogP contribution in [0.25, 0.3) is 0 Å². The Balaban J connectivity index is 0.000000318. The van der Waals surface area contributed by atoms with Crippen LogP contribution in [0, 0.1) is 0 Å². The lowest BCUT2D eigenvalue weighted by Gasteiger charge is -2.36. The van der Waals surface area contributed by atoms with Crippen LogP contribution in [0.4, 0.5) is 23.0 Å². The lowest BCUT2D eigenvalue weighted by Crippen LogP contribution is -2.41. The number of aromatic hydroxyl groups is 1. The fraction of sp³-hybridized carbons (Fsp3) is 0.474. The van der Waals surface area contributed by atoms with Crippen LogP contribution in [-0.2, 0) is 22.9 Å². The Hall–Kier alpha value is -2.81. The first kappa shape index (κ1) is 48.3. The van der Waals surface area contributed by atoms with Crippen LogP contribution in [0.1, 0.15) is 41.5 Å². The lowest BCUT2D eigenvalue weighted by molar-refractivity contribution is 0.203. The molecule has 0 saturated heterocycles. The molecule has 17 heteroatoms. The molecule has 0 amide bonds. The van der Waals surface area contributed by atoms with E-state index in [1.54, 1.807) is 57.0 Å². The number of nitrogens with one attached hydrogen (secondary N) is 2. The summed E-state index contributed by atoms with van der Waals surface area (Å²) in [6, 6.07) is 10.1. The van der Waals surface area contributed by atoms with E-state index in [1.165, 1.54) is 21.4 Å². The average molecular weight is 990 g/mol. The number of ether oxygens (including phenoxy) is 1. The molecular formula is C38H57Br3N6O6Si2. The summed E-state index contributed by atoms with van der Waals surface area (Å²) >= 11 is 10.1. The molecule has 0 radical (unpaired) electrons. The van der Waals surface area contributed by atoms with Crippen LogP contribution < -0.4 is 26.5 Å². The van der Waals surface area contributed by atoms with Crippen molar-refractivity contribution in [3.63, 3.8) is 0 Å². The van der Waals surface area contributed by atoms with Gasteiger partial charge in [-0.2, -0.15) is 0 Å². The number of halogens is 3. The highest BCUT2D eigenvalue weighted by molar-refractivity contribution is 9.10. The van der Waals surface area contributed by atoms with Gasteiger partial charge in [-0.25, -0.2) is 9.97 Å². The van der Waals surface area contributed by atoms with Gasteiger partial charge in [0.2, 0.25) is 0 Å². The number of hydrogen-bond donors (Lipinski definition) is 3. The summed E-state index contributed by atoms with van der Waals surface area (Å²) < 4.78 is 22.2. The maximum atomic E-state index is 12.1. The van der Waals surface area contributed by atoms with Gasteiger partial charge in [-0.1, -0.05) is 57.5 Å². The molecule has 0 bridgehead atoms. The molecule has 55 heavy (non-hydrogen) atoms. The zero-order valence-corrected chi connectivity index (χ0v) is 40.8. The summed E-state index contributed by atoms with van der Waals surface area (Å²) in [5.74, 6) is 1.83. The normalized spacial score (nSPS) is 11.8. The largest absolute Gasteiger partial charge is 0.506 e. The van der Waals surface area contributed by atoms with E-state index in [4.69, 9.17) is 18.7 Å². The minimum absolute atomic E-state index is 0.0812. The second kappa shape index (κ2) is 21.1. The number of anilines is 4. The van der Waals surface area contributed by atoms with Gasteiger partial charge >= 0.3 is 0 Å². The standard InChI is InChI=1S/C19H28BrN3O3Si.C11H10BrN3O2.C8H19BrOSi/c1-19(2,3)27(5,6)26-10-9-25-15-7-8-17(21-12-15)22-16-11-14(20)13-23(4)18(16)24;1-15-6-7(12)4-9(11(15)17)14-10-3-2-8(16)5-13-10;1-8(2,3)11(4,5)10-7-6-9/h7-8,11-13H,9-10H2,1-6H3,(H,21,22);2-6,16H,1H3,(H,13,14);6-7H2,1-5H3. The van der Waals surface area contributed by atoms with Gasteiger partial charge in [0.05, 0.1) is 19.0 Å². The number of alkyl halides is 1. The van der Waals surface area contributed by atoms with Crippen molar-refractivity contribution in [2.75, 3.05) is 35.8 Å². The van der Waals surface area contributed by atoms with E-state index in [2.05, 4.69) is 136 Å². The molecule has 0 aliphatic heterocycles. The van der Waals surface area contributed by atoms with E-state index in [0.717, 1.165) is 20.9 Å². The molecule has 0 unspecified atom stereocenters. The predicted molar refractivity (Wildman–Crippen MR) is 241 cm³/mol. The molecule has 0 aromatic carbocycles. The predicted octanol–water partition coefficient (Wildman–Crippen LogP) is 10.1. The monoisotopic (exact) mass is 986 g/mol.